The normalized spacial score (nSPS) is 17.1. The number of aromatic nitrogens is 3. The van der Waals surface area contributed by atoms with Crippen LogP contribution in [0, 0.1) is 12.8 Å². The van der Waals surface area contributed by atoms with Gasteiger partial charge < -0.3 is 19.6 Å². The summed E-state index contributed by atoms with van der Waals surface area (Å²) in [5.41, 5.74) is 1.57. The Hall–Kier alpha value is -2.08. The number of carbonyl (C=O) groups excluding carboxylic acids is 1. The van der Waals surface area contributed by atoms with Gasteiger partial charge in [-0.25, -0.2) is 4.98 Å². The number of ether oxygens (including phenoxy) is 1. The van der Waals surface area contributed by atoms with Gasteiger partial charge in [-0.15, -0.1) is 0 Å². The van der Waals surface area contributed by atoms with Gasteiger partial charge in [0.25, 0.3) is 5.91 Å². The number of H-pyrrole nitrogens is 1. The maximum atomic E-state index is 12.7. The van der Waals surface area contributed by atoms with E-state index in [2.05, 4.69) is 26.8 Å². The zero-order chi connectivity index (χ0) is 16.2. The summed E-state index contributed by atoms with van der Waals surface area (Å²) in [4.78, 5) is 20.2. The molecule has 0 saturated carbocycles. The fraction of sp³-hybridized carbons (Fsp3) is 0.529. The van der Waals surface area contributed by atoms with Crippen molar-refractivity contribution < 1.29 is 9.53 Å². The summed E-state index contributed by atoms with van der Waals surface area (Å²) in [6.45, 7) is 6.34. The van der Waals surface area contributed by atoms with Crippen LogP contribution >= 0.6 is 0 Å². The Morgan fingerprint density at radius 1 is 1.52 bits per heavy atom. The number of aromatic amines is 1. The molecule has 0 aliphatic carbocycles. The molecule has 1 aliphatic rings. The molecule has 23 heavy (non-hydrogen) atoms. The highest BCUT2D eigenvalue weighted by Gasteiger charge is 2.30. The minimum atomic E-state index is -0.0935. The van der Waals surface area contributed by atoms with Crippen molar-refractivity contribution in [3.8, 4) is 0 Å². The molecule has 0 radical (unpaired) electrons. The molecular formula is C17H24N4O2. The lowest BCUT2D eigenvalue weighted by molar-refractivity contribution is 0.0497. The first-order valence-electron chi connectivity index (χ1n) is 8.24. The van der Waals surface area contributed by atoms with Crippen LogP contribution in [-0.2, 0) is 11.3 Å². The van der Waals surface area contributed by atoms with E-state index < -0.39 is 0 Å². The van der Waals surface area contributed by atoms with Crippen LogP contribution in [0.1, 0.15) is 47.7 Å². The largest absolute Gasteiger partial charge is 0.381 e. The number of carbonyl (C=O) groups is 1. The van der Waals surface area contributed by atoms with Crippen molar-refractivity contribution in [2.45, 2.75) is 39.3 Å². The molecule has 1 fully saturated rings. The van der Waals surface area contributed by atoms with Crippen LogP contribution in [0.2, 0.25) is 0 Å². The van der Waals surface area contributed by atoms with Crippen molar-refractivity contribution in [1.82, 2.24) is 19.9 Å². The summed E-state index contributed by atoms with van der Waals surface area (Å²) in [6, 6.07) is 1.81. The van der Waals surface area contributed by atoms with E-state index in [4.69, 9.17) is 4.74 Å². The lowest BCUT2D eigenvalue weighted by atomic mass is 9.91. The third-order valence-corrected chi connectivity index (χ3v) is 4.57. The average Bonchev–Trinajstić information content (AvgIpc) is 3.21. The molecule has 0 bridgehead atoms. The van der Waals surface area contributed by atoms with Crippen molar-refractivity contribution in [1.29, 1.82) is 0 Å². The summed E-state index contributed by atoms with van der Waals surface area (Å²) in [6.07, 6.45) is 7.43. The van der Waals surface area contributed by atoms with Gasteiger partial charge in [0.15, 0.2) is 0 Å². The third kappa shape index (κ3) is 3.32. The third-order valence-electron chi connectivity index (χ3n) is 4.57. The lowest BCUT2D eigenvalue weighted by Gasteiger charge is -2.30. The Balaban J connectivity index is 1.86. The van der Waals surface area contributed by atoms with Gasteiger partial charge >= 0.3 is 0 Å². The number of aryl methyl sites for hydroxylation is 2. The first-order chi connectivity index (χ1) is 11.2. The average molecular weight is 316 g/mol. The Bertz CT molecular complexity index is 655. The van der Waals surface area contributed by atoms with Crippen LogP contribution < -0.4 is 5.32 Å². The molecule has 0 aromatic carbocycles. The number of nitrogens with zero attached hydrogens (tertiary/aromatic N) is 2. The molecule has 2 aromatic rings. The van der Waals surface area contributed by atoms with Crippen molar-refractivity contribution >= 4 is 5.91 Å². The van der Waals surface area contributed by atoms with Crippen molar-refractivity contribution in [2.75, 3.05) is 13.2 Å². The Morgan fingerprint density at radius 2 is 2.30 bits per heavy atom. The van der Waals surface area contributed by atoms with Crippen LogP contribution in [0.3, 0.4) is 0 Å². The monoisotopic (exact) mass is 316 g/mol. The van der Waals surface area contributed by atoms with E-state index in [9.17, 15) is 4.79 Å². The number of hydrogen-bond acceptors (Lipinski definition) is 3. The van der Waals surface area contributed by atoms with Gasteiger partial charge in [-0.2, -0.15) is 0 Å². The summed E-state index contributed by atoms with van der Waals surface area (Å²) in [5.74, 6) is 1.20. The van der Waals surface area contributed by atoms with E-state index in [1.165, 1.54) is 0 Å². The van der Waals surface area contributed by atoms with Gasteiger partial charge in [-0.3, -0.25) is 4.79 Å². The van der Waals surface area contributed by atoms with Crippen LogP contribution in [0.4, 0.5) is 0 Å². The molecule has 0 unspecified atom stereocenters. The van der Waals surface area contributed by atoms with Gasteiger partial charge in [0.1, 0.15) is 11.5 Å². The molecular weight excluding hydrogens is 292 g/mol. The smallest absolute Gasteiger partial charge is 0.268 e. The second-order valence-electron chi connectivity index (χ2n) is 6.01. The second kappa shape index (κ2) is 7.00. The molecule has 2 N–H and O–H groups in total. The summed E-state index contributed by atoms with van der Waals surface area (Å²) in [5, 5.41) is 3.20. The van der Waals surface area contributed by atoms with Crippen LogP contribution in [-0.4, -0.2) is 33.7 Å². The Kier molecular flexibility index (Phi) is 4.81. The zero-order valence-electron chi connectivity index (χ0n) is 13.7. The zero-order valence-corrected chi connectivity index (χ0v) is 13.7. The van der Waals surface area contributed by atoms with Crippen molar-refractivity contribution in [3.63, 3.8) is 0 Å². The Morgan fingerprint density at radius 3 is 2.96 bits per heavy atom. The van der Waals surface area contributed by atoms with Crippen LogP contribution in [0.25, 0.3) is 0 Å². The lowest BCUT2D eigenvalue weighted by Crippen LogP contribution is -2.38. The van der Waals surface area contributed by atoms with Gasteiger partial charge in [0.2, 0.25) is 0 Å². The van der Waals surface area contributed by atoms with Crippen molar-refractivity contribution in [2.24, 2.45) is 5.92 Å². The summed E-state index contributed by atoms with van der Waals surface area (Å²) < 4.78 is 7.57. The predicted molar refractivity (Wildman–Crippen MR) is 87.2 cm³/mol. The number of amides is 1. The van der Waals surface area contributed by atoms with Gasteiger partial charge in [-0.1, -0.05) is 0 Å². The first-order valence-corrected chi connectivity index (χ1v) is 8.24. The Labute approximate surface area is 136 Å². The number of nitrogens with one attached hydrogen (secondary N) is 2. The van der Waals surface area contributed by atoms with Gasteiger partial charge in [0, 0.05) is 38.3 Å². The highest BCUT2D eigenvalue weighted by Crippen LogP contribution is 2.29. The van der Waals surface area contributed by atoms with E-state index in [0.717, 1.165) is 44.0 Å². The van der Waals surface area contributed by atoms with Crippen molar-refractivity contribution in [3.05, 3.63) is 41.7 Å². The molecule has 3 rings (SSSR count). The summed E-state index contributed by atoms with van der Waals surface area (Å²) >= 11 is 0. The van der Waals surface area contributed by atoms with E-state index in [1.54, 1.807) is 12.4 Å². The van der Waals surface area contributed by atoms with Gasteiger partial charge in [-0.05, 0) is 44.2 Å². The standard InChI is InChI=1S/C17H24N4O2/c1-3-21-9-8-19-16(21)15(13-5-10-23-11-6-13)20-17(22)14-12(2)4-7-18-14/h4,7-9,13,15,18H,3,5-6,10-11H2,1-2H3,(H,20,22)/t15-/m1/s1. The molecule has 6 nitrogen and oxygen atoms in total. The molecule has 2 aromatic heterocycles. The van der Waals surface area contributed by atoms with E-state index >= 15 is 0 Å². The molecule has 124 valence electrons. The number of rotatable bonds is 5. The maximum absolute atomic E-state index is 12.7. The SMILES string of the molecule is CCn1ccnc1[C@H](NC(=O)c1[nH]ccc1C)C1CCOCC1. The highest BCUT2D eigenvalue weighted by molar-refractivity contribution is 5.94. The molecule has 1 amide bonds. The molecule has 3 heterocycles. The fourth-order valence-electron chi connectivity index (χ4n) is 3.21. The quantitative estimate of drug-likeness (QED) is 0.890. The predicted octanol–water partition coefficient (Wildman–Crippen LogP) is 2.44. The first kappa shape index (κ1) is 15.8. The topological polar surface area (TPSA) is 71.9 Å². The van der Waals surface area contributed by atoms with E-state index in [1.807, 2.05) is 19.2 Å². The molecule has 1 atom stereocenters. The summed E-state index contributed by atoms with van der Waals surface area (Å²) in [7, 11) is 0. The van der Waals surface area contributed by atoms with Gasteiger partial charge in [0.05, 0.1) is 6.04 Å². The maximum Gasteiger partial charge on any atom is 0.268 e. The van der Waals surface area contributed by atoms with E-state index in [0.29, 0.717) is 11.6 Å². The molecule has 1 saturated heterocycles. The minimum Gasteiger partial charge on any atom is -0.381 e. The highest BCUT2D eigenvalue weighted by atomic mass is 16.5. The molecule has 0 spiro atoms. The second-order valence-corrected chi connectivity index (χ2v) is 6.01. The molecule has 1 aliphatic heterocycles. The number of imidazole rings is 1. The van der Waals surface area contributed by atoms with E-state index in [-0.39, 0.29) is 11.9 Å². The fourth-order valence-corrected chi connectivity index (χ4v) is 3.21. The van der Waals surface area contributed by atoms with Crippen LogP contribution in [0.15, 0.2) is 24.7 Å². The number of hydrogen-bond donors (Lipinski definition) is 2. The molecule has 6 heteroatoms. The van der Waals surface area contributed by atoms with Crippen LogP contribution in [0.5, 0.6) is 0 Å². The minimum absolute atomic E-state index is 0.0744.